The van der Waals surface area contributed by atoms with E-state index in [1.807, 2.05) is 23.1 Å². The number of hydrogen-bond donors (Lipinski definition) is 1. The van der Waals surface area contributed by atoms with Crippen LogP contribution in [-0.4, -0.2) is 49.4 Å². The number of hydrogen-bond acceptors (Lipinski definition) is 6. The number of thiazole rings is 1. The fourth-order valence-electron chi connectivity index (χ4n) is 3.96. The van der Waals surface area contributed by atoms with Crippen LogP contribution in [0.25, 0.3) is 16.8 Å². The lowest BCUT2D eigenvalue weighted by Gasteiger charge is -2.26. The van der Waals surface area contributed by atoms with Gasteiger partial charge in [-0.15, -0.1) is 11.3 Å². The number of pyridine rings is 2. The maximum atomic E-state index is 13.0. The monoisotopic (exact) mass is 446 g/mol. The maximum absolute atomic E-state index is 13.0. The molecule has 0 unspecified atom stereocenters. The van der Waals surface area contributed by atoms with Gasteiger partial charge in [0.2, 0.25) is 0 Å². The van der Waals surface area contributed by atoms with Crippen LogP contribution in [0.2, 0.25) is 0 Å². The predicted molar refractivity (Wildman–Crippen MR) is 121 cm³/mol. The Morgan fingerprint density at radius 3 is 2.72 bits per heavy atom. The number of likely N-dealkylation sites (tertiary alicyclic amines) is 1. The van der Waals surface area contributed by atoms with E-state index in [2.05, 4.69) is 20.4 Å². The minimum absolute atomic E-state index is 0.0196. The van der Waals surface area contributed by atoms with Crippen molar-refractivity contribution in [3.8, 4) is 11.3 Å². The molecular formula is C23H22N6O2S. The van der Waals surface area contributed by atoms with Crippen molar-refractivity contribution < 1.29 is 9.59 Å². The highest BCUT2D eigenvalue weighted by atomic mass is 32.1. The second-order valence-electron chi connectivity index (χ2n) is 7.73. The zero-order valence-electron chi connectivity index (χ0n) is 17.4. The number of nitrogens with one attached hydrogen (secondary N) is 1. The van der Waals surface area contributed by atoms with Crippen molar-refractivity contribution in [2.75, 3.05) is 13.1 Å². The standard InChI is InChI=1S/C23H22N6O2S/c30-22(26-13-18-12-25-15-32-18)17-9-16(10-24-11-17)20-5-4-6-21-19(14-27-29(20)21)23(31)28-7-2-1-3-8-28/h4-6,9-12,14-15H,1-3,7-8,13H2,(H,26,30). The largest absolute Gasteiger partial charge is 0.347 e. The number of carbonyl (C=O) groups is 2. The Bertz CT molecular complexity index is 1260. The zero-order valence-corrected chi connectivity index (χ0v) is 18.2. The van der Waals surface area contributed by atoms with E-state index in [-0.39, 0.29) is 11.8 Å². The molecular weight excluding hydrogens is 424 g/mol. The zero-order chi connectivity index (χ0) is 21.9. The second-order valence-corrected chi connectivity index (χ2v) is 8.70. The third-order valence-corrected chi connectivity index (χ3v) is 6.40. The first kappa shape index (κ1) is 20.3. The van der Waals surface area contributed by atoms with Crippen LogP contribution in [-0.2, 0) is 6.54 Å². The van der Waals surface area contributed by atoms with Gasteiger partial charge in [-0.2, -0.15) is 5.10 Å². The molecule has 1 N–H and O–H groups in total. The van der Waals surface area contributed by atoms with Gasteiger partial charge in [0.05, 0.1) is 40.6 Å². The molecule has 4 aromatic rings. The van der Waals surface area contributed by atoms with E-state index in [0.29, 0.717) is 17.7 Å². The molecule has 1 aliphatic rings. The van der Waals surface area contributed by atoms with Crippen molar-refractivity contribution >= 4 is 28.7 Å². The molecule has 8 nitrogen and oxygen atoms in total. The van der Waals surface area contributed by atoms with E-state index < -0.39 is 0 Å². The van der Waals surface area contributed by atoms with Gasteiger partial charge in [-0.05, 0) is 37.5 Å². The Balaban J connectivity index is 1.42. The fourth-order valence-corrected chi connectivity index (χ4v) is 4.50. The van der Waals surface area contributed by atoms with Crippen LogP contribution < -0.4 is 5.32 Å². The Hall–Kier alpha value is -3.59. The average Bonchev–Trinajstić information content (AvgIpc) is 3.52. The quantitative estimate of drug-likeness (QED) is 0.507. The molecule has 0 spiro atoms. The third kappa shape index (κ3) is 3.99. The molecule has 32 heavy (non-hydrogen) atoms. The number of rotatable bonds is 5. The van der Waals surface area contributed by atoms with Gasteiger partial charge >= 0.3 is 0 Å². The van der Waals surface area contributed by atoms with Gasteiger partial charge in [0.25, 0.3) is 11.8 Å². The first-order valence-corrected chi connectivity index (χ1v) is 11.5. The highest BCUT2D eigenvalue weighted by Gasteiger charge is 2.22. The molecule has 162 valence electrons. The highest BCUT2D eigenvalue weighted by Crippen LogP contribution is 2.24. The van der Waals surface area contributed by atoms with Gasteiger partial charge in [-0.25, -0.2) is 4.52 Å². The number of fused-ring (bicyclic) bond motifs is 1. The van der Waals surface area contributed by atoms with Crippen molar-refractivity contribution in [2.24, 2.45) is 0 Å². The molecule has 0 saturated carbocycles. The van der Waals surface area contributed by atoms with Gasteiger partial charge in [-0.3, -0.25) is 19.6 Å². The summed E-state index contributed by atoms with van der Waals surface area (Å²) in [6.45, 7) is 2.00. The summed E-state index contributed by atoms with van der Waals surface area (Å²) >= 11 is 1.49. The predicted octanol–water partition coefficient (Wildman–Crippen LogP) is 3.41. The van der Waals surface area contributed by atoms with Crippen molar-refractivity contribution in [3.63, 3.8) is 0 Å². The molecule has 2 amide bonds. The van der Waals surface area contributed by atoms with Crippen LogP contribution in [0.4, 0.5) is 0 Å². The summed E-state index contributed by atoms with van der Waals surface area (Å²) in [5.74, 6) is -0.187. The summed E-state index contributed by atoms with van der Waals surface area (Å²) in [5, 5.41) is 7.38. The van der Waals surface area contributed by atoms with Crippen LogP contribution in [0.15, 0.2) is 54.6 Å². The SMILES string of the molecule is O=C(NCc1cncs1)c1cncc(-c2cccc3c(C(=O)N4CCCCC4)cnn23)c1. The Morgan fingerprint density at radius 1 is 1.03 bits per heavy atom. The molecule has 5 rings (SSSR count). The first-order valence-electron chi connectivity index (χ1n) is 10.6. The maximum Gasteiger partial charge on any atom is 0.257 e. The summed E-state index contributed by atoms with van der Waals surface area (Å²) in [5.41, 5.74) is 5.06. The van der Waals surface area contributed by atoms with Crippen LogP contribution in [0.5, 0.6) is 0 Å². The first-order chi connectivity index (χ1) is 15.7. The Labute approximate surface area is 188 Å². The van der Waals surface area contributed by atoms with E-state index in [9.17, 15) is 9.59 Å². The normalized spacial score (nSPS) is 13.9. The molecule has 4 aromatic heterocycles. The minimum atomic E-state index is -0.207. The molecule has 0 aliphatic carbocycles. The molecule has 0 bridgehead atoms. The summed E-state index contributed by atoms with van der Waals surface area (Å²) in [4.78, 5) is 36.8. The van der Waals surface area contributed by atoms with E-state index in [0.717, 1.165) is 47.6 Å². The van der Waals surface area contributed by atoms with Gasteiger partial charge in [0.15, 0.2) is 0 Å². The van der Waals surface area contributed by atoms with E-state index >= 15 is 0 Å². The lowest BCUT2D eigenvalue weighted by molar-refractivity contribution is 0.0726. The van der Waals surface area contributed by atoms with Crippen molar-refractivity contribution in [3.05, 3.63) is 70.6 Å². The second kappa shape index (κ2) is 8.88. The smallest absolute Gasteiger partial charge is 0.257 e. The van der Waals surface area contributed by atoms with Crippen LogP contribution in [0.1, 0.15) is 44.9 Å². The van der Waals surface area contributed by atoms with Crippen LogP contribution >= 0.6 is 11.3 Å². The van der Waals surface area contributed by atoms with Crippen molar-refractivity contribution in [1.29, 1.82) is 0 Å². The van der Waals surface area contributed by atoms with E-state index in [4.69, 9.17) is 0 Å². The number of nitrogens with zero attached hydrogens (tertiary/aromatic N) is 5. The molecule has 5 heterocycles. The number of aromatic nitrogens is 4. The third-order valence-electron chi connectivity index (χ3n) is 5.62. The Morgan fingerprint density at radius 2 is 1.91 bits per heavy atom. The number of piperidine rings is 1. The molecule has 0 radical (unpaired) electrons. The summed E-state index contributed by atoms with van der Waals surface area (Å²) in [7, 11) is 0. The number of amides is 2. The molecule has 1 aliphatic heterocycles. The van der Waals surface area contributed by atoms with Gasteiger partial charge in [-0.1, -0.05) is 6.07 Å². The lowest BCUT2D eigenvalue weighted by atomic mass is 10.1. The topological polar surface area (TPSA) is 92.5 Å². The molecule has 0 atom stereocenters. The summed E-state index contributed by atoms with van der Waals surface area (Å²) in [6.07, 6.45) is 9.86. The minimum Gasteiger partial charge on any atom is -0.347 e. The Kier molecular flexibility index (Phi) is 5.64. The van der Waals surface area contributed by atoms with E-state index in [1.165, 1.54) is 17.8 Å². The van der Waals surface area contributed by atoms with Gasteiger partial charge in [0.1, 0.15) is 0 Å². The van der Waals surface area contributed by atoms with E-state index in [1.54, 1.807) is 40.9 Å². The van der Waals surface area contributed by atoms with Crippen molar-refractivity contribution in [2.45, 2.75) is 25.8 Å². The van der Waals surface area contributed by atoms with Gasteiger partial charge < -0.3 is 10.2 Å². The highest BCUT2D eigenvalue weighted by molar-refractivity contribution is 7.09. The molecule has 0 aromatic carbocycles. The fraction of sp³-hybridized carbons (Fsp3) is 0.261. The molecule has 9 heteroatoms. The summed E-state index contributed by atoms with van der Waals surface area (Å²) < 4.78 is 1.74. The summed E-state index contributed by atoms with van der Waals surface area (Å²) in [6, 6.07) is 7.49. The molecule has 1 fully saturated rings. The molecule has 1 saturated heterocycles. The average molecular weight is 447 g/mol. The van der Waals surface area contributed by atoms with Crippen molar-refractivity contribution in [1.82, 2.24) is 29.8 Å². The number of carbonyl (C=O) groups excluding carboxylic acids is 2. The van der Waals surface area contributed by atoms with Crippen LogP contribution in [0.3, 0.4) is 0 Å². The van der Waals surface area contributed by atoms with Crippen LogP contribution in [0, 0.1) is 0 Å². The lowest BCUT2D eigenvalue weighted by Crippen LogP contribution is -2.35. The van der Waals surface area contributed by atoms with Gasteiger partial charge in [0, 0.05) is 42.1 Å².